The van der Waals surface area contributed by atoms with E-state index in [0.717, 1.165) is 35.7 Å². The summed E-state index contributed by atoms with van der Waals surface area (Å²) in [6.45, 7) is 0.932. The summed E-state index contributed by atoms with van der Waals surface area (Å²) in [4.78, 5) is 4.58. The zero-order valence-electron chi connectivity index (χ0n) is 11.8. The van der Waals surface area contributed by atoms with Gasteiger partial charge in [-0.15, -0.1) is 0 Å². The second-order valence-electron chi connectivity index (χ2n) is 5.31. The van der Waals surface area contributed by atoms with E-state index in [2.05, 4.69) is 34.6 Å². The molecule has 0 radical (unpaired) electrons. The molecular formula is C17H16N2O2. The van der Waals surface area contributed by atoms with E-state index in [-0.39, 0.29) is 0 Å². The van der Waals surface area contributed by atoms with E-state index >= 15 is 0 Å². The van der Waals surface area contributed by atoms with E-state index in [0.29, 0.717) is 5.92 Å². The molecule has 0 saturated heterocycles. The van der Waals surface area contributed by atoms with Crippen LogP contribution in [0.5, 0.6) is 5.75 Å². The number of anilines is 1. The lowest BCUT2D eigenvalue weighted by Crippen LogP contribution is -2.05. The second-order valence-corrected chi connectivity index (χ2v) is 5.31. The van der Waals surface area contributed by atoms with Gasteiger partial charge in [0.2, 0.25) is 0 Å². The van der Waals surface area contributed by atoms with Gasteiger partial charge in [0.05, 0.1) is 7.11 Å². The Morgan fingerprint density at radius 2 is 2.19 bits per heavy atom. The molecular weight excluding hydrogens is 264 g/mol. The topological polar surface area (TPSA) is 47.3 Å². The molecule has 106 valence electrons. The van der Waals surface area contributed by atoms with Crippen molar-refractivity contribution in [2.45, 2.75) is 12.3 Å². The third-order valence-electron chi connectivity index (χ3n) is 4.00. The van der Waals surface area contributed by atoms with E-state index in [1.807, 2.05) is 18.2 Å². The molecule has 0 saturated carbocycles. The van der Waals surface area contributed by atoms with Crippen LogP contribution in [0.15, 0.2) is 46.9 Å². The van der Waals surface area contributed by atoms with E-state index < -0.39 is 0 Å². The summed E-state index contributed by atoms with van der Waals surface area (Å²) in [5.74, 6) is 1.99. The molecule has 4 rings (SSSR count). The maximum absolute atomic E-state index is 5.85. The fourth-order valence-electron chi connectivity index (χ4n) is 2.92. The zero-order chi connectivity index (χ0) is 14.2. The smallest absolute Gasteiger partial charge is 0.196 e. The highest BCUT2D eigenvalue weighted by Crippen LogP contribution is 2.34. The first-order valence-corrected chi connectivity index (χ1v) is 7.10. The Morgan fingerprint density at radius 1 is 1.29 bits per heavy atom. The van der Waals surface area contributed by atoms with Crippen molar-refractivity contribution in [3.63, 3.8) is 0 Å². The summed E-state index contributed by atoms with van der Waals surface area (Å²) in [6.07, 6.45) is 0.807. The number of nitrogens with zero attached hydrogens (tertiary/aromatic N) is 1. The normalized spacial score (nSPS) is 16.7. The Bertz CT molecular complexity index is 794. The van der Waals surface area contributed by atoms with Gasteiger partial charge in [-0.3, -0.25) is 0 Å². The zero-order valence-corrected chi connectivity index (χ0v) is 11.8. The summed E-state index contributed by atoms with van der Waals surface area (Å²) in [6, 6.07) is 14.1. The first-order chi connectivity index (χ1) is 10.3. The summed E-state index contributed by atoms with van der Waals surface area (Å²) >= 11 is 0. The highest BCUT2D eigenvalue weighted by Gasteiger charge is 2.23. The van der Waals surface area contributed by atoms with Crippen LogP contribution in [0, 0.1) is 0 Å². The molecule has 1 unspecified atom stereocenters. The first kappa shape index (κ1) is 12.3. The molecule has 1 N–H and O–H groups in total. The van der Waals surface area contributed by atoms with Gasteiger partial charge in [0, 0.05) is 30.6 Å². The van der Waals surface area contributed by atoms with Crippen molar-refractivity contribution < 1.29 is 9.15 Å². The minimum Gasteiger partial charge on any atom is -0.497 e. The molecule has 1 aromatic heterocycles. The van der Waals surface area contributed by atoms with Crippen molar-refractivity contribution >= 4 is 16.8 Å². The molecule has 21 heavy (non-hydrogen) atoms. The monoisotopic (exact) mass is 280 g/mol. The van der Waals surface area contributed by atoms with Gasteiger partial charge < -0.3 is 14.5 Å². The number of fused-ring (bicyclic) bond motifs is 2. The maximum Gasteiger partial charge on any atom is 0.196 e. The highest BCUT2D eigenvalue weighted by molar-refractivity contribution is 5.74. The van der Waals surface area contributed by atoms with Gasteiger partial charge in [-0.05, 0) is 23.8 Å². The van der Waals surface area contributed by atoms with Gasteiger partial charge in [0.25, 0.3) is 0 Å². The Hall–Kier alpha value is -2.49. The lowest BCUT2D eigenvalue weighted by atomic mass is 9.98. The molecule has 0 bridgehead atoms. The van der Waals surface area contributed by atoms with Crippen molar-refractivity contribution in [2.75, 3.05) is 19.0 Å². The van der Waals surface area contributed by atoms with Gasteiger partial charge in [0.15, 0.2) is 11.5 Å². The van der Waals surface area contributed by atoms with Crippen molar-refractivity contribution in [3.05, 3.63) is 53.9 Å². The number of oxazole rings is 1. The second kappa shape index (κ2) is 4.81. The Kier molecular flexibility index (Phi) is 2.81. The fourth-order valence-corrected chi connectivity index (χ4v) is 2.92. The molecule has 0 fully saturated rings. The molecule has 2 heterocycles. The number of methoxy groups -OCH3 is 1. The lowest BCUT2D eigenvalue weighted by Gasteiger charge is -2.06. The third-order valence-corrected chi connectivity index (χ3v) is 4.00. The number of hydrogen-bond acceptors (Lipinski definition) is 4. The molecule has 4 heteroatoms. The summed E-state index contributed by atoms with van der Waals surface area (Å²) < 4.78 is 11.1. The quantitative estimate of drug-likeness (QED) is 0.796. The summed E-state index contributed by atoms with van der Waals surface area (Å²) in [7, 11) is 1.66. The van der Waals surface area contributed by atoms with Crippen LogP contribution >= 0.6 is 0 Å². The minimum absolute atomic E-state index is 0.413. The molecule has 2 aromatic carbocycles. The van der Waals surface area contributed by atoms with Crippen LogP contribution < -0.4 is 10.1 Å². The molecule has 1 aliphatic heterocycles. The van der Waals surface area contributed by atoms with Gasteiger partial charge in [-0.2, -0.15) is 0 Å². The standard InChI is InChI=1S/C17H16N2O2/c1-20-12-6-7-16-15(9-12)19-17(21-16)8-11-10-18-14-5-3-2-4-13(11)14/h2-7,9,11,18H,8,10H2,1H3. The number of ether oxygens (including phenoxy) is 1. The number of hydrogen-bond donors (Lipinski definition) is 1. The largest absolute Gasteiger partial charge is 0.497 e. The van der Waals surface area contributed by atoms with E-state index in [9.17, 15) is 0 Å². The average molecular weight is 280 g/mol. The maximum atomic E-state index is 5.85. The number of nitrogens with one attached hydrogen (secondary N) is 1. The van der Waals surface area contributed by atoms with Gasteiger partial charge in [0.1, 0.15) is 11.3 Å². The number of para-hydroxylation sites is 1. The molecule has 3 aromatic rings. The van der Waals surface area contributed by atoms with Crippen molar-refractivity contribution in [1.82, 2.24) is 4.98 Å². The Morgan fingerprint density at radius 3 is 3.10 bits per heavy atom. The first-order valence-electron chi connectivity index (χ1n) is 7.10. The molecule has 0 aliphatic carbocycles. The summed E-state index contributed by atoms with van der Waals surface area (Å²) in [5.41, 5.74) is 4.23. The fraction of sp³-hybridized carbons (Fsp3) is 0.235. The predicted molar refractivity (Wildman–Crippen MR) is 81.9 cm³/mol. The van der Waals surface area contributed by atoms with Crippen LogP contribution in [0.2, 0.25) is 0 Å². The van der Waals surface area contributed by atoms with Gasteiger partial charge in [-0.25, -0.2) is 4.98 Å². The van der Waals surface area contributed by atoms with E-state index in [1.165, 1.54) is 11.3 Å². The predicted octanol–water partition coefficient (Wildman–Crippen LogP) is 3.59. The SMILES string of the molecule is COc1ccc2oc(CC3CNc4ccccc43)nc2c1. The van der Waals surface area contributed by atoms with Crippen molar-refractivity contribution in [2.24, 2.45) is 0 Å². The van der Waals surface area contributed by atoms with Crippen LogP contribution in [-0.2, 0) is 6.42 Å². The molecule has 0 spiro atoms. The number of aromatic nitrogens is 1. The van der Waals surface area contributed by atoms with E-state index in [4.69, 9.17) is 9.15 Å². The Labute approximate surface area is 122 Å². The number of rotatable bonds is 3. The van der Waals surface area contributed by atoms with Crippen molar-refractivity contribution in [1.29, 1.82) is 0 Å². The minimum atomic E-state index is 0.413. The van der Waals surface area contributed by atoms with Crippen molar-refractivity contribution in [3.8, 4) is 5.75 Å². The third kappa shape index (κ3) is 2.13. The molecule has 0 amide bonds. The van der Waals surface area contributed by atoms with Gasteiger partial charge >= 0.3 is 0 Å². The Balaban J connectivity index is 1.63. The highest BCUT2D eigenvalue weighted by atomic mass is 16.5. The molecule has 4 nitrogen and oxygen atoms in total. The number of benzene rings is 2. The molecule has 1 atom stereocenters. The van der Waals surface area contributed by atoms with Crippen LogP contribution in [0.1, 0.15) is 17.4 Å². The lowest BCUT2D eigenvalue weighted by molar-refractivity contribution is 0.415. The molecule has 1 aliphatic rings. The van der Waals surface area contributed by atoms with E-state index in [1.54, 1.807) is 7.11 Å². The van der Waals surface area contributed by atoms with Crippen LogP contribution in [-0.4, -0.2) is 18.6 Å². The van der Waals surface area contributed by atoms with Gasteiger partial charge in [-0.1, -0.05) is 18.2 Å². The van der Waals surface area contributed by atoms with Crippen LogP contribution in [0.25, 0.3) is 11.1 Å². The van der Waals surface area contributed by atoms with Crippen LogP contribution in [0.3, 0.4) is 0 Å². The van der Waals surface area contributed by atoms with Crippen LogP contribution in [0.4, 0.5) is 5.69 Å². The average Bonchev–Trinajstić information content (AvgIpc) is 3.10. The summed E-state index contributed by atoms with van der Waals surface area (Å²) in [5, 5.41) is 3.43.